The van der Waals surface area contributed by atoms with Crippen LogP contribution >= 0.6 is 0 Å². The number of ether oxygens (including phenoxy) is 1. The van der Waals surface area contributed by atoms with E-state index in [0.29, 0.717) is 0 Å². The Bertz CT molecular complexity index is 577. The van der Waals surface area contributed by atoms with Gasteiger partial charge in [-0.1, -0.05) is 44.2 Å². The minimum Gasteiger partial charge on any atom is -0.445 e. The van der Waals surface area contributed by atoms with Gasteiger partial charge in [-0.25, -0.2) is 4.79 Å². The Morgan fingerprint density at radius 3 is 2.40 bits per heavy atom. The van der Waals surface area contributed by atoms with Gasteiger partial charge in [-0.05, 0) is 11.5 Å². The monoisotopic (exact) mass is 351 g/mol. The molecule has 2 atom stereocenters. The Morgan fingerprint density at radius 1 is 1.20 bits per heavy atom. The molecule has 1 aromatic rings. The number of primary amides is 1. The summed E-state index contributed by atoms with van der Waals surface area (Å²) in [5, 5.41) is 14.6. The van der Waals surface area contributed by atoms with E-state index in [2.05, 4.69) is 10.6 Å². The third-order valence-corrected chi connectivity index (χ3v) is 3.41. The first-order valence-electron chi connectivity index (χ1n) is 8.01. The highest BCUT2D eigenvalue weighted by molar-refractivity contribution is 5.86. The Hall–Kier alpha value is -2.61. The number of hydrogen-bond donors (Lipinski definition) is 4. The predicted octanol–water partition coefficient (Wildman–Crippen LogP) is 0.290. The molecule has 0 unspecified atom stereocenters. The molecule has 0 fully saturated rings. The van der Waals surface area contributed by atoms with Gasteiger partial charge in [0.2, 0.25) is 11.8 Å². The summed E-state index contributed by atoms with van der Waals surface area (Å²) in [7, 11) is 0. The summed E-state index contributed by atoms with van der Waals surface area (Å²) in [4.78, 5) is 34.6. The zero-order valence-corrected chi connectivity index (χ0v) is 14.4. The first-order chi connectivity index (χ1) is 11.8. The first kappa shape index (κ1) is 20.4. The Kier molecular flexibility index (Phi) is 8.42. The van der Waals surface area contributed by atoms with Crippen LogP contribution in [-0.4, -0.2) is 41.7 Å². The van der Waals surface area contributed by atoms with Gasteiger partial charge in [0.1, 0.15) is 12.6 Å². The standard InChI is InChI=1S/C17H25N3O5/c1-11(2)15(16(18)23)20-14(22)8-13(21)9-19-17(24)25-10-12-6-4-3-5-7-12/h3-7,11,13,15,21H,8-10H2,1-2H3,(H2,18,23)(H,19,24)(H,20,22)/t13-,15-/m0/s1. The van der Waals surface area contributed by atoms with Crippen LogP contribution in [0, 0.1) is 5.92 Å². The van der Waals surface area contributed by atoms with Gasteiger partial charge < -0.3 is 26.2 Å². The van der Waals surface area contributed by atoms with Gasteiger partial charge in [-0.3, -0.25) is 9.59 Å². The average molecular weight is 351 g/mol. The molecule has 0 aliphatic carbocycles. The molecular weight excluding hydrogens is 326 g/mol. The first-order valence-corrected chi connectivity index (χ1v) is 8.01. The van der Waals surface area contributed by atoms with E-state index >= 15 is 0 Å². The van der Waals surface area contributed by atoms with E-state index in [1.54, 1.807) is 13.8 Å². The number of carbonyl (C=O) groups excluding carboxylic acids is 3. The fourth-order valence-electron chi connectivity index (χ4n) is 2.06. The molecule has 1 rings (SSSR count). The number of benzene rings is 1. The van der Waals surface area contributed by atoms with Crippen LogP contribution in [0.3, 0.4) is 0 Å². The maximum Gasteiger partial charge on any atom is 0.407 e. The van der Waals surface area contributed by atoms with Crippen LogP contribution < -0.4 is 16.4 Å². The Morgan fingerprint density at radius 2 is 1.84 bits per heavy atom. The number of hydrogen-bond acceptors (Lipinski definition) is 5. The van der Waals surface area contributed by atoms with Crippen LogP contribution in [0.25, 0.3) is 0 Å². The molecule has 0 heterocycles. The highest BCUT2D eigenvalue weighted by Gasteiger charge is 2.22. The smallest absolute Gasteiger partial charge is 0.407 e. The Labute approximate surface area is 146 Å². The minimum absolute atomic E-state index is 0.109. The highest BCUT2D eigenvalue weighted by atomic mass is 16.5. The third kappa shape index (κ3) is 8.16. The van der Waals surface area contributed by atoms with Crippen LogP contribution in [0.5, 0.6) is 0 Å². The van der Waals surface area contributed by atoms with Gasteiger partial charge >= 0.3 is 6.09 Å². The lowest BCUT2D eigenvalue weighted by atomic mass is 10.0. The molecule has 0 aromatic heterocycles. The lowest BCUT2D eigenvalue weighted by molar-refractivity contribution is -0.129. The van der Waals surface area contributed by atoms with E-state index in [-0.39, 0.29) is 25.5 Å². The zero-order chi connectivity index (χ0) is 18.8. The summed E-state index contributed by atoms with van der Waals surface area (Å²) in [5.74, 6) is -1.32. The minimum atomic E-state index is -1.11. The molecular formula is C17H25N3O5. The normalized spacial score (nSPS) is 13.0. The number of alkyl carbamates (subject to hydrolysis) is 1. The van der Waals surface area contributed by atoms with Crippen LogP contribution in [0.15, 0.2) is 30.3 Å². The van der Waals surface area contributed by atoms with E-state index in [1.807, 2.05) is 30.3 Å². The van der Waals surface area contributed by atoms with E-state index in [4.69, 9.17) is 10.5 Å². The summed E-state index contributed by atoms with van der Waals surface area (Å²) >= 11 is 0. The number of nitrogens with one attached hydrogen (secondary N) is 2. The van der Waals surface area contributed by atoms with Crippen molar-refractivity contribution < 1.29 is 24.2 Å². The number of aliphatic hydroxyl groups is 1. The topological polar surface area (TPSA) is 131 Å². The molecule has 0 saturated heterocycles. The van der Waals surface area contributed by atoms with Gasteiger partial charge in [0.05, 0.1) is 12.5 Å². The maximum atomic E-state index is 11.8. The quantitative estimate of drug-likeness (QED) is 0.508. The molecule has 0 spiro atoms. The van der Waals surface area contributed by atoms with Crippen LogP contribution in [-0.2, 0) is 20.9 Å². The summed E-state index contributed by atoms with van der Waals surface area (Å²) in [6, 6.07) is 8.34. The van der Waals surface area contributed by atoms with Crippen molar-refractivity contribution in [2.45, 2.75) is 39.0 Å². The van der Waals surface area contributed by atoms with Gasteiger partial charge in [-0.15, -0.1) is 0 Å². The van der Waals surface area contributed by atoms with Gasteiger partial charge in [-0.2, -0.15) is 0 Å². The lowest BCUT2D eigenvalue weighted by Crippen LogP contribution is -2.48. The predicted molar refractivity (Wildman–Crippen MR) is 91.2 cm³/mol. The molecule has 138 valence electrons. The van der Waals surface area contributed by atoms with Crippen LogP contribution in [0.1, 0.15) is 25.8 Å². The molecule has 8 heteroatoms. The number of carbonyl (C=O) groups is 3. The van der Waals surface area contributed by atoms with Crippen molar-refractivity contribution >= 4 is 17.9 Å². The van der Waals surface area contributed by atoms with Crippen molar-refractivity contribution in [2.75, 3.05) is 6.54 Å². The second kappa shape index (κ2) is 10.3. The van der Waals surface area contributed by atoms with E-state index in [0.717, 1.165) is 5.56 Å². The third-order valence-electron chi connectivity index (χ3n) is 3.41. The molecule has 0 radical (unpaired) electrons. The highest BCUT2D eigenvalue weighted by Crippen LogP contribution is 2.03. The number of amides is 3. The molecule has 0 aliphatic rings. The van der Waals surface area contributed by atoms with Crippen molar-refractivity contribution in [3.8, 4) is 0 Å². The van der Waals surface area contributed by atoms with E-state index in [9.17, 15) is 19.5 Å². The van der Waals surface area contributed by atoms with Crippen molar-refractivity contribution in [3.63, 3.8) is 0 Å². The summed E-state index contributed by atoms with van der Waals surface area (Å²) < 4.78 is 4.99. The largest absolute Gasteiger partial charge is 0.445 e. The molecule has 0 aliphatic heterocycles. The fourth-order valence-corrected chi connectivity index (χ4v) is 2.06. The van der Waals surface area contributed by atoms with Crippen molar-refractivity contribution in [1.82, 2.24) is 10.6 Å². The molecule has 0 saturated carbocycles. The Balaban J connectivity index is 2.29. The number of aliphatic hydroxyl groups excluding tert-OH is 1. The SMILES string of the molecule is CC(C)[C@H](NC(=O)C[C@H](O)CNC(=O)OCc1ccccc1)C(N)=O. The summed E-state index contributed by atoms with van der Waals surface area (Å²) in [6.45, 7) is 3.45. The molecule has 0 bridgehead atoms. The zero-order valence-electron chi connectivity index (χ0n) is 14.4. The van der Waals surface area contributed by atoms with E-state index in [1.165, 1.54) is 0 Å². The summed E-state index contributed by atoms with van der Waals surface area (Å²) in [5.41, 5.74) is 6.04. The average Bonchev–Trinajstić information content (AvgIpc) is 2.56. The molecule has 25 heavy (non-hydrogen) atoms. The number of nitrogens with two attached hydrogens (primary N) is 1. The molecule has 3 amide bonds. The number of rotatable bonds is 9. The van der Waals surface area contributed by atoms with Gasteiger partial charge in [0.15, 0.2) is 0 Å². The fraction of sp³-hybridized carbons (Fsp3) is 0.471. The van der Waals surface area contributed by atoms with Gasteiger partial charge in [0.25, 0.3) is 0 Å². The maximum absolute atomic E-state index is 11.8. The summed E-state index contributed by atoms with van der Waals surface area (Å²) in [6.07, 6.45) is -2.07. The second-order valence-electron chi connectivity index (χ2n) is 5.99. The molecule has 1 aromatic carbocycles. The van der Waals surface area contributed by atoms with Crippen molar-refractivity contribution in [1.29, 1.82) is 0 Å². The van der Waals surface area contributed by atoms with Gasteiger partial charge in [0, 0.05) is 6.54 Å². The second-order valence-corrected chi connectivity index (χ2v) is 5.99. The molecule has 5 N–H and O–H groups in total. The molecule has 8 nitrogen and oxygen atoms in total. The lowest BCUT2D eigenvalue weighted by Gasteiger charge is -2.20. The van der Waals surface area contributed by atoms with Crippen molar-refractivity contribution in [2.24, 2.45) is 11.7 Å². The van der Waals surface area contributed by atoms with Crippen molar-refractivity contribution in [3.05, 3.63) is 35.9 Å². The van der Waals surface area contributed by atoms with Crippen LogP contribution in [0.2, 0.25) is 0 Å². The van der Waals surface area contributed by atoms with Crippen LogP contribution in [0.4, 0.5) is 4.79 Å². The van der Waals surface area contributed by atoms with E-state index < -0.39 is 30.1 Å².